The van der Waals surface area contributed by atoms with E-state index < -0.39 is 11.0 Å². The van der Waals surface area contributed by atoms with Crippen LogP contribution < -0.4 is 0 Å². The molecule has 15 heavy (non-hydrogen) atoms. The third-order valence-electron chi connectivity index (χ3n) is 2.07. The molecule has 0 rings (SSSR count). The van der Waals surface area contributed by atoms with Gasteiger partial charge in [-0.3, -0.25) is 0 Å². The Hall–Kier alpha value is 0.580. The molecule has 0 aliphatic rings. The predicted octanol–water partition coefficient (Wildman–Crippen LogP) is 3.39. The van der Waals surface area contributed by atoms with E-state index in [4.69, 9.17) is 0 Å². The molecular weight excluding hydrogens is 291 g/mol. The quantitative estimate of drug-likeness (QED) is 0.524. The van der Waals surface area contributed by atoms with Crippen molar-refractivity contribution in [2.75, 3.05) is 31.1 Å². The Morgan fingerprint density at radius 2 is 1.80 bits per heavy atom. The first kappa shape index (κ1) is 15.6. The number of halogens is 4. The Kier molecular flexibility index (Phi) is 8.09. The van der Waals surface area contributed by atoms with Gasteiger partial charge in [0.15, 0.2) is 0 Å². The van der Waals surface area contributed by atoms with Gasteiger partial charge in [0.1, 0.15) is 4.83 Å². The molecule has 6 heteroatoms. The van der Waals surface area contributed by atoms with Gasteiger partial charge in [-0.1, -0.05) is 29.8 Å². The minimum Gasteiger partial charge on any atom is -0.303 e. The molecule has 0 aromatic rings. The van der Waals surface area contributed by atoms with Crippen LogP contribution in [-0.2, 0) is 0 Å². The SMILES string of the molecule is CCN(CC)CCSCC(Br)C(F)(F)F. The minimum absolute atomic E-state index is 0.0881. The summed E-state index contributed by atoms with van der Waals surface area (Å²) >= 11 is 3.98. The molecule has 0 N–H and O–H groups in total. The zero-order valence-electron chi connectivity index (χ0n) is 8.98. The summed E-state index contributed by atoms with van der Waals surface area (Å²) in [6.45, 7) is 6.87. The van der Waals surface area contributed by atoms with Crippen molar-refractivity contribution in [3.63, 3.8) is 0 Å². The maximum absolute atomic E-state index is 12.1. The van der Waals surface area contributed by atoms with Crippen LogP contribution in [0, 0.1) is 0 Å². The summed E-state index contributed by atoms with van der Waals surface area (Å²) in [6.07, 6.45) is -4.12. The molecule has 0 heterocycles. The molecule has 92 valence electrons. The average Bonchev–Trinajstić information content (AvgIpc) is 2.16. The number of nitrogens with zero attached hydrogens (tertiary/aromatic N) is 1. The second kappa shape index (κ2) is 7.79. The Bertz CT molecular complexity index is 162. The molecule has 1 unspecified atom stereocenters. The molecule has 0 aliphatic carbocycles. The Morgan fingerprint density at radius 1 is 1.27 bits per heavy atom. The molecular formula is C9H17BrF3NS. The average molecular weight is 308 g/mol. The van der Waals surface area contributed by atoms with Crippen LogP contribution in [0.1, 0.15) is 13.8 Å². The van der Waals surface area contributed by atoms with Crippen LogP contribution in [0.3, 0.4) is 0 Å². The van der Waals surface area contributed by atoms with Crippen LogP contribution in [0.5, 0.6) is 0 Å². The fourth-order valence-corrected chi connectivity index (χ4v) is 2.53. The van der Waals surface area contributed by atoms with Crippen molar-refractivity contribution < 1.29 is 13.2 Å². The van der Waals surface area contributed by atoms with Crippen LogP contribution in [0.25, 0.3) is 0 Å². The van der Waals surface area contributed by atoms with Crippen molar-refractivity contribution in [3.05, 3.63) is 0 Å². The zero-order valence-corrected chi connectivity index (χ0v) is 11.4. The van der Waals surface area contributed by atoms with Crippen LogP contribution in [-0.4, -0.2) is 47.0 Å². The monoisotopic (exact) mass is 307 g/mol. The topological polar surface area (TPSA) is 3.24 Å². The van der Waals surface area contributed by atoms with Gasteiger partial charge >= 0.3 is 6.18 Å². The molecule has 1 nitrogen and oxygen atoms in total. The first-order valence-electron chi connectivity index (χ1n) is 4.92. The number of hydrogen-bond acceptors (Lipinski definition) is 2. The van der Waals surface area contributed by atoms with E-state index in [1.807, 2.05) is 0 Å². The lowest BCUT2D eigenvalue weighted by molar-refractivity contribution is -0.122. The van der Waals surface area contributed by atoms with Crippen molar-refractivity contribution in [1.29, 1.82) is 0 Å². The van der Waals surface area contributed by atoms with Gasteiger partial charge in [-0.15, -0.1) is 0 Å². The van der Waals surface area contributed by atoms with Gasteiger partial charge in [-0.05, 0) is 13.1 Å². The van der Waals surface area contributed by atoms with Gasteiger partial charge in [0.05, 0.1) is 0 Å². The summed E-state index contributed by atoms with van der Waals surface area (Å²) in [5.74, 6) is 0.838. The first-order chi connectivity index (χ1) is 6.91. The van der Waals surface area contributed by atoms with Crippen molar-refractivity contribution in [3.8, 4) is 0 Å². The molecule has 0 spiro atoms. The predicted molar refractivity (Wildman–Crippen MR) is 63.9 cm³/mol. The molecule has 0 amide bonds. The van der Waals surface area contributed by atoms with Gasteiger partial charge in [-0.25, -0.2) is 0 Å². The second-order valence-electron chi connectivity index (χ2n) is 3.11. The highest BCUT2D eigenvalue weighted by Crippen LogP contribution is 2.28. The summed E-state index contributed by atoms with van der Waals surface area (Å²) in [7, 11) is 0. The molecule has 0 bridgehead atoms. The van der Waals surface area contributed by atoms with Crippen molar-refractivity contribution in [2.45, 2.75) is 24.9 Å². The third kappa shape index (κ3) is 7.47. The highest BCUT2D eigenvalue weighted by Gasteiger charge is 2.37. The van der Waals surface area contributed by atoms with E-state index in [9.17, 15) is 13.2 Å². The smallest absolute Gasteiger partial charge is 0.303 e. The maximum Gasteiger partial charge on any atom is 0.402 e. The van der Waals surface area contributed by atoms with E-state index in [2.05, 4.69) is 34.7 Å². The van der Waals surface area contributed by atoms with E-state index in [-0.39, 0.29) is 5.75 Å². The molecule has 0 aliphatic heterocycles. The van der Waals surface area contributed by atoms with Crippen molar-refractivity contribution in [1.82, 2.24) is 4.90 Å². The highest BCUT2D eigenvalue weighted by molar-refractivity contribution is 9.09. The van der Waals surface area contributed by atoms with Gasteiger partial charge in [-0.2, -0.15) is 24.9 Å². The van der Waals surface area contributed by atoms with Gasteiger partial charge in [0.2, 0.25) is 0 Å². The summed E-state index contributed by atoms with van der Waals surface area (Å²) in [5.41, 5.74) is 0. The van der Waals surface area contributed by atoms with E-state index >= 15 is 0 Å². The van der Waals surface area contributed by atoms with E-state index in [0.29, 0.717) is 0 Å². The van der Waals surface area contributed by atoms with E-state index in [1.54, 1.807) is 0 Å². The van der Waals surface area contributed by atoms with Crippen molar-refractivity contribution in [2.24, 2.45) is 0 Å². The number of alkyl halides is 4. The van der Waals surface area contributed by atoms with Gasteiger partial charge in [0.25, 0.3) is 0 Å². The number of rotatable bonds is 7. The summed E-state index contributed by atoms with van der Waals surface area (Å²) < 4.78 is 36.3. The Morgan fingerprint density at radius 3 is 2.20 bits per heavy atom. The molecule has 0 aromatic carbocycles. The lowest BCUT2D eigenvalue weighted by Gasteiger charge is -2.18. The van der Waals surface area contributed by atoms with Crippen LogP contribution in [0.4, 0.5) is 13.2 Å². The summed E-state index contributed by atoms with van der Waals surface area (Å²) in [4.78, 5) is 0.816. The van der Waals surface area contributed by atoms with Gasteiger partial charge < -0.3 is 4.90 Å². The molecule has 1 atom stereocenters. The number of hydrogen-bond donors (Lipinski definition) is 0. The fraction of sp³-hybridized carbons (Fsp3) is 1.00. The highest BCUT2D eigenvalue weighted by atomic mass is 79.9. The molecule has 0 saturated carbocycles. The normalized spacial score (nSPS) is 14.6. The molecule has 0 fully saturated rings. The van der Waals surface area contributed by atoms with Crippen LogP contribution in [0.15, 0.2) is 0 Å². The van der Waals surface area contributed by atoms with Crippen LogP contribution >= 0.6 is 27.7 Å². The minimum atomic E-state index is -4.12. The Labute approximate surface area is 102 Å². The molecule has 0 aromatic heterocycles. The molecule has 0 radical (unpaired) electrons. The Balaban J connectivity index is 3.54. The lowest BCUT2D eigenvalue weighted by atomic mass is 10.5. The summed E-state index contributed by atoms with van der Waals surface area (Å²) in [5, 5.41) is 0. The largest absolute Gasteiger partial charge is 0.402 e. The zero-order chi connectivity index (χ0) is 11.9. The fourth-order valence-electron chi connectivity index (χ4n) is 1.01. The standard InChI is InChI=1S/C9H17BrF3NS/c1-3-14(4-2)5-6-15-7-8(10)9(11,12)13/h8H,3-7H2,1-2H3. The first-order valence-corrected chi connectivity index (χ1v) is 6.99. The van der Waals surface area contributed by atoms with E-state index in [0.717, 1.165) is 25.4 Å². The van der Waals surface area contributed by atoms with Crippen molar-refractivity contribution >= 4 is 27.7 Å². The van der Waals surface area contributed by atoms with Crippen LogP contribution in [0.2, 0.25) is 0 Å². The number of thioether (sulfide) groups is 1. The lowest BCUT2D eigenvalue weighted by Crippen LogP contribution is -2.27. The molecule has 0 saturated heterocycles. The summed E-state index contributed by atoms with van der Waals surface area (Å²) in [6, 6.07) is 0. The maximum atomic E-state index is 12.1. The van der Waals surface area contributed by atoms with E-state index in [1.165, 1.54) is 11.8 Å². The van der Waals surface area contributed by atoms with Gasteiger partial charge in [0, 0.05) is 18.1 Å². The second-order valence-corrected chi connectivity index (χ2v) is 5.37. The third-order valence-corrected chi connectivity index (χ3v) is 4.38.